The Bertz CT molecular complexity index is 649. The number of nitrogens with zero attached hydrogens (tertiary/aromatic N) is 1. The number of hydrogen-bond acceptors (Lipinski definition) is 2. The van der Waals surface area contributed by atoms with Crippen LogP contribution in [0.25, 0.3) is 0 Å². The summed E-state index contributed by atoms with van der Waals surface area (Å²) in [4.78, 5) is 14.8. The lowest BCUT2D eigenvalue weighted by molar-refractivity contribution is -0.125. The Labute approximate surface area is 116 Å². The summed E-state index contributed by atoms with van der Waals surface area (Å²) in [5.74, 6) is 5.58. The van der Waals surface area contributed by atoms with Gasteiger partial charge in [0, 0.05) is 19.0 Å². The molecule has 0 N–H and O–H groups in total. The summed E-state index contributed by atoms with van der Waals surface area (Å²) in [5, 5.41) is 1.96. The number of carbonyl (C=O) groups is 1. The third kappa shape index (κ3) is 2.69. The number of amides is 1. The molecule has 1 amide bonds. The predicted octanol–water partition coefficient (Wildman–Crippen LogP) is 2.68. The molecule has 2 nitrogen and oxygen atoms in total. The number of carbonyl (C=O) groups excluding carboxylic acids is 1. The van der Waals surface area contributed by atoms with Crippen molar-refractivity contribution in [1.29, 1.82) is 0 Å². The first-order valence-corrected chi connectivity index (χ1v) is 7.12. The molecule has 3 rings (SSSR count). The first kappa shape index (κ1) is 12.0. The quantitative estimate of drug-likeness (QED) is 0.672. The molecule has 1 aromatic carbocycles. The van der Waals surface area contributed by atoms with Crippen LogP contribution in [0.15, 0.2) is 41.8 Å². The van der Waals surface area contributed by atoms with Crippen LogP contribution in [-0.4, -0.2) is 17.4 Å². The molecule has 0 saturated heterocycles. The van der Waals surface area contributed by atoms with Crippen molar-refractivity contribution in [2.45, 2.75) is 13.0 Å². The van der Waals surface area contributed by atoms with Gasteiger partial charge in [0.2, 0.25) is 0 Å². The molecular formula is C16H13NOS. The smallest absolute Gasteiger partial charge is 0.299 e. The minimum atomic E-state index is -0.0806. The van der Waals surface area contributed by atoms with Crippen LogP contribution >= 0.6 is 11.3 Å². The molecule has 94 valence electrons. The lowest BCUT2D eigenvalue weighted by atomic mass is 10.00. The van der Waals surface area contributed by atoms with Gasteiger partial charge in [-0.3, -0.25) is 4.79 Å². The molecule has 1 aliphatic heterocycles. The zero-order chi connectivity index (χ0) is 13.1. The van der Waals surface area contributed by atoms with Crippen LogP contribution in [0.2, 0.25) is 0 Å². The van der Waals surface area contributed by atoms with E-state index in [2.05, 4.69) is 24.0 Å². The summed E-state index contributed by atoms with van der Waals surface area (Å²) < 4.78 is 0. The zero-order valence-corrected chi connectivity index (χ0v) is 11.2. The van der Waals surface area contributed by atoms with Crippen molar-refractivity contribution in [3.8, 4) is 11.8 Å². The highest BCUT2D eigenvalue weighted by Gasteiger charge is 2.18. The van der Waals surface area contributed by atoms with Crippen molar-refractivity contribution in [2.75, 3.05) is 6.54 Å². The summed E-state index contributed by atoms with van der Waals surface area (Å²) in [5.41, 5.74) is 2.58. The van der Waals surface area contributed by atoms with Gasteiger partial charge in [0.1, 0.15) is 0 Å². The molecule has 0 aliphatic carbocycles. The van der Waals surface area contributed by atoms with Gasteiger partial charge in [-0.25, -0.2) is 0 Å². The summed E-state index contributed by atoms with van der Waals surface area (Å²) in [6.07, 6.45) is 0.919. The maximum atomic E-state index is 12.1. The second-order valence-electron chi connectivity index (χ2n) is 4.47. The summed E-state index contributed by atoms with van der Waals surface area (Å²) in [6.45, 7) is 1.43. The van der Waals surface area contributed by atoms with Crippen LogP contribution in [0.3, 0.4) is 0 Å². The highest BCUT2D eigenvalue weighted by atomic mass is 32.1. The maximum absolute atomic E-state index is 12.1. The summed E-state index contributed by atoms with van der Waals surface area (Å²) in [6, 6.07) is 12.2. The molecule has 19 heavy (non-hydrogen) atoms. The SMILES string of the molecule is O=C(C#Cc1cccs1)N1CCc2ccccc2C1. The normalized spacial score (nSPS) is 13.4. The number of benzene rings is 1. The van der Waals surface area contributed by atoms with Crippen LogP contribution in [-0.2, 0) is 17.8 Å². The number of fused-ring (bicyclic) bond motifs is 1. The molecule has 2 heterocycles. The highest BCUT2D eigenvalue weighted by molar-refractivity contribution is 7.10. The standard InChI is InChI=1S/C16H13NOS/c18-16(8-7-15-6-3-11-19-15)17-10-9-13-4-1-2-5-14(13)12-17/h1-6,11H,9-10,12H2. The van der Waals surface area contributed by atoms with E-state index in [-0.39, 0.29) is 5.91 Å². The van der Waals surface area contributed by atoms with Gasteiger partial charge >= 0.3 is 0 Å². The van der Waals surface area contributed by atoms with Gasteiger partial charge in [-0.15, -0.1) is 11.3 Å². The molecule has 0 radical (unpaired) electrons. The van der Waals surface area contributed by atoms with Crippen LogP contribution in [0, 0.1) is 11.8 Å². The summed E-state index contributed by atoms with van der Waals surface area (Å²) in [7, 11) is 0. The molecule has 0 atom stereocenters. The largest absolute Gasteiger partial charge is 0.327 e. The molecule has 2 aromatic rings. The molecule has 1 aromatic heterocycles. The molecule has 0 spiro atoms. The Kier molecular flexibility index (Phi) is 3.35. The number of hydrogen-bond donors (Lipinski definition) is 0. The molecule has 1 aliphatic rings. The average molecular weight is 267 g/mol. The molecule has 0 unspecified atom stereocenters. The molecule has 3 heteroatoms. The minimum Gasteiger partial charge on any atom is -0.327 e. The van der Waals surface area contributed by atoms with Gasteiger partial charge in [-0.05, 0) is 34.9 Å². The topological polar surface area (TPSA) is 20.3 Å². The number of rotatable bonds is 0. The fourth-order valence-corrected chi connectivity index (χ4v) is 2.78. The predicted molar refractivity (Wildman–Crippen MR) is 76.8 cm³/mol. The van der Waals surface area contributed by atoms with Crippen molar-refractivity contribution in [3.05, 3.63) is 57.8 Å². The van der Waals surface area contributed by atoms with E-state index >= 15 is 0 Å². The van der Waals surface area contributed by atoms with E-state index in [1.807, 2.05) is 34.5 Å². The second-order valence-corrected chi connectivity index (χ2v) is 5.42. The Morgan fingerprint density at radius 1 is 1.16 bits per heavy atom. The molecule has 0 bridgehead atoms. The van der Waals surface area contributed by atoms with Crippen molar-refractivity contribution in [3.63, 3.8) is 0 Å². The van der Waals surface area contributed by atoms with E-state index in [1.165, 1.54) is 11.1 Å². The lowest BCUT2D eigenvalue weighted by Gasteiger charge is -2.27. The fourth-order valence-electron chi connectivity index (χ4n) is 2.21. The van der Waals surface area contributed by atoms with E-state index < -0.39 is 0 Å². The van der Waals surface area contributed by atoms with Gasteiger partial charge in [-0.1, -0.05) is 30.3 Å². The van der Waals surface area contributed by atoms with E-state index in [9.17, 15) is 4.79 Å². The minimum absolute atomic E-state index is 0.0806. The van der Waals surface area contributed by atoms with Gasteiger partial charge in [0.15, 0.2) is 0 Å². The molecule has 0 fully saturated rings. The summed E-state index contributed by atoms with van der Waals surface area (Å²) >= 11 is 1.56. The van der Waals surface area contributed by atoms with Crippen molar-refractivity contribution < 1.29 is 4.79 Å². The van der Waals surface area contributed by atoms with Crippen molar-refractivity contribution >= 4 is 17.2 Å². The van der Waals surface area contributed by atoms with Gasteiger partial charge in [-0.2, -0.15) is 0 Å². The maximum Gasteiger partial charge on any atom is 0.299 e. The highest BCUT2D eigenvalue weighted by Crippen LogP contribution is 2.18. The molecular weight excluding hydrogens is 254 g/mol. The Hall–Kier alpha value is -2.05. The average Bonchev–Trinajstić information content (AvgIpc) is 2.97. The van der Waals surface area contributed by atoms with E-state index in [0.717, 1.165) is 17.8 Å². The third-order valence-electron chi connectivity index (χ3n) is 3.23. The zero-order valence-electron chi connectivity index (χ0n) is 10.4. The van der Waals surface area contributed by atoms with Crippen LogP contribution in [0.1, 0.15) is 16.0 Å². The Morgan fingerprint density at radius 2 is 2.00 bits per heavy atom. The van der Waals surface area contributed by atoms with E-state index in [1.54, 1.807) is 11.3 Å². The number of thiophene rings is 1. The van der Waals surface area contributed by atoms with Crippen molar-refractivity contribution in [2.24, 2.45) is 0 Å². The first-order valence-electron chi connectivity index (χ1n) is 6.24. The van der Waals surface area contributed by atoms with Crippen LogP contribution in [0.5, 0.6) is 0 Å². The first-order chi connectivity index (χ1) is 9.33. The van der Waals surface area contributed by atoms with Gasteiger partial charge in [0.05, 0.1) is 4.88 Å². The van der Waals surface area contributed by atoms with Crippen molar-refractivity contribution in [1.82, 2.24) is 4.90 Å². The monoisotopic (exact) mass is 267 g/mol. The molecule has 0 saturated carbocycles. The van der Waals surface area contributed by atoms with Gasteiger partial charge < -0.3 is 4.90 Å². The van der Waals surface area contributed by atoms with E-state index in [0.29, 0.717) is 6.54 Å². The third-order valence-corrected chi connectivity index (χ3v) is 4.02. The fraction of sp³-hybridized carbons (Fsp3) is 0.188. The second kappa shape index (κ2) is 5.29. The Morgan fingerprint density at radius 3 is 2.79 bits per heavy atom. The Balaban J connectivity index is 1.73. The van der Waals surface area contributed by atoms with Crippen LogP contribution < -0.4 is 0 Å². The van der Waals surface area contributed by atoms with Gasteiger partial charge in [0.25, 0.3) is 5.91 Å². The lowest BCUT2D eigenvalue weighted by Crippen LogP contribution is -2.35. The van der Waals surface area contributed by atoms with Crippen LogP contribution in [0.4, 0.5) is 0 Å². The van der Waals surface area contributed by atoms with E-state index in [4.69, 9.17) is 0 Å².